The number of hydrogen-bond donors (Lipinski definition) is 0. The van der Waals surface area contributed by atoms with Crippen molar-refractivity contribution in [2.75, 3.05) is 0 Å². The van der Waals surface area contributed by atoms with Crippen molar-refractivity contribution in [2.24, 2.45) is 0 Å². The van der Waals surface area contributed by atoms with Crippen LogP contribution in [0, 0.1) is 22.7 Å². The lowest BCUT2D eigenvalue weighted by molar-refractivity contribution is 1.18. The molecule has 7 aromatic carbocycles. The van der Waals surface area contributed by atoms with E-state index in [2.05, 4.69) is 150 Å². The van der Waals surface area contributed by atoms with Crippen LogP contribution in [0.25, 0.3) is 38.6 Å². The molecule has 1 aromatic heterocycles. The first-order chi connectivity index (χ1) is 23.7. The molecule has 8 aromatic rings. The van der Waals surface area contributed by atoms with Crippen molar-refractivity contribution in [3.63, 3.8) is 0 Å². The van der Waals surface area contributed by atoms with Gasteiger partial charge in [-0.25, -0.2) is 0 Å². The maximum atomic E-state index is 10.9. The van der Waals surface area contributed by atoms with E-state index in [1.54, 1.807) is 0 Å². The first kappa shape index (κ1) is 29.0. The quantitative estimate of drug-likeness (QED) is 0.141. The first-order valence-electron chi connectivity index (χ1n) is 16.0. The van der Waals surface area contributed by atoms with Gasteiger partial charge >= 0.3 is 0 Å². The molecule has 0 amide bonds. The number of para-hydroxylation sites is 2. The minimum absolute atomic E-state index is 0.568. The van der Waals surface area contributed by atoms with Crippen molar-refractivity contribution < 1.29 is 0 Å². The SMILES string of the molecule is N#Cc1ccc(-n2c3ccccc3c3ccccc32)c(-c2ccc([Si](c3ccccc3)(c3ccccc3)c3ccccc3)c(C#N)c2)c1. The van der Waals surface area contributed by atoms with Gasteiger partial charge in [-0.15, -0.1) is 0 Å². The predicted molar refractivity (Wildman–Crippen MR) is 199 cm³/mol. The van der Waals surface area contributed by atoms with Gasteiger partial charge in [0.2, 0.25) is 0 Å². The van der Waals surface area contributed by atoms with Gasteiger partial charge in [0, 0.05) is 16.3 Å². The van der Waals surface area contributed by atoms with E-state index in [4.69, 9.17) is 0 Å². The van der Waals surface area contributed by atoms with Crippen LogP contribution in [0.4, 0.5) is 0 Å². The molecule has 0 bridgehead atoms. The van der Waals surface area contributed by atoms with Crippen molar-refractivity contribution in [3.05, 3.63) is 187 Å². The zero-order chi connectivity index (χ0) is 32.5. The van der Waals surface area contributed by atoms with Gasteiger partial charge in [-0.3, -0.25) is 0 Å². The minimum atomic E-state index is -2.93. The molecule has 0 radical (unpaired) electrons. The monoisotopic (exact) mass is 627 g/mol. The van der Waals surface area contributed by atoms with Crippen molar-refractivity contribution >= 4 is 50.6 Å². The van der Waals surface area contributed by atoms with Gasteiger partial charge in [0.25, 0.3) is 0 Å². The van der Waals surface area contributed by atoms with Crippen molar-refractivity contribution in [1.82, 2.24) is 4.57 Å². The Hall–Kier alpha value is -6.46. The Balaban J connectivity index is 1.42. The molecule has 0 saturated carbocycles. The molecule has 0 N–H and O–H groups in total. The Morgan fingerprint density at radius 1 is 0.458 bits per heavy atom. The molecule has 1 heterocycles. The average molecular weight is 628 g/mol. The third-order valence-electron chi connectivity index (χ3n) is 9.42. The Morgan fingerprint density at radius 3 is 1.46 bits per heavy atom. The lowest BCUT2D eigenvalue weighted by Crippen LogP contribution is -2.75. The van der Waals surface area contributed by atoms with Gasteiger partial charge in [-0.1, -0.05) is 140 Å². The van der Waals surface area contributed by atoms with Crippen LogP contribution in [0.15, 0.2) is 176 Å². The van der Waals surface area contributed by atoms with Crippen LogP contribution in [0.3, 0.4) is 0 Å². The van der Waals surface area contributed by atoms with E-state index >= 15 is 0 Å². The second kappa shape index (κ2) is 12.0. The standard InChI is InChI=1S/C44H29N3Si/c45-30-32-24-26-43(47-41-22-12-10-20-38(41)39-21-11-13-23-42(39)47)40(28-32)33-25-27-44(34(29-33)31-46)48(35-14-4-1-5-15-35,36-16-6-2-7-17-36)37-18-8-3-9-19-37/h1-29H. The molecule has 48 heavy (non-hydrogen) atoms. The summed E-state index contributed by atoms with van der Waals surface area (Å²) < 4.78 is 2.28. The molecular weight excluding hydrogens is 599 g/mol. The highest BCUT2D eigenvalue weighted by molar-refractivity contribution is 7.20. The maximum Gasteiger partial charge on any atom is 0.180 e. The summed E-state index contributed by atoms with van der Waals surface area (Å²) >= 11 is 0. The summed E-state index contributed by atoms with van der Waals surface area (Å²) in [6, 6.07) is 65.9. The zero-order valence-electron chi connectivity index (χ0n) is 26.1. The Kier molecular flexibility index (Phi) is 7.27. The summed E-state index contributed by atoms with van der Waals surface area (Å²) in [5, 5.41) is 28.0. The maximum absolute atomic E-state index is 10.9. The molecule has 0 saturated heterocycles. The van der Waals surface area contributed by atoms with E-state index in [1.165, 1.54) is 26.3 Å². The molecule has 8 rings (SSSR count). The van der Waals surface area contributed by atoms with E-state index < -0.39 is 8.07 Å². The number of benzene rings is 7. The first-order valence-corrected chi connectivity index (χ1v) is 18.0. The summed E-state index contributed by atoms with van der Waals surface area (Å²) in [7, 11) is -2.93. The van der Waals surface area contributed by atoms with Gasteiger partial charge < -0.3 is 4.57 Å². The van der Waals surface area contributed by atoms with Crippen LogP contribution in [0.1, 0.15) is 11.1 Å². The van der Waals surface area contributed by atoms with Crippen LogP contribution >= 0.6 is 0 Å². The van der Waals surface area contributed by atoms with Crippen molar-refractivity contribution in [3.8, 4) is 29.0 Å². The van der Waals surface area contributed by atoms with Crippen molar-refractivity contribution in [1.29, 1.82) is 10.5 Å². The minimum Gasteiger partial charge on any atom is -0.309 e. The van der Waals surface area contributed by atoms with E-state index in [0.29, 0.717) is 11.1 Å². The predicted octanol–water partition coefficient (Wildman–Crippen LogP) is 7.57. The molecule has 0 aliphatic rings. The third kappa shape index (κ3) is 4.55. The Bertz CT molecular complexity index is 2370. The fraction of sp³-hybridized carbons (Fsp3) is 0. The molecule has 0 unspecified atom stereocenters. The number of fused-ring (bicyclic) bond motifs is 3. The van der Waals surface area contributed by atoms with E-state index in [0.717, 1.165) is 33.0 Å². The fourth-order valence-corrected chi connectivity index (χ4v) is 12.3. The lowest BCUT2D eigenvalue weighted by atomic mass is 9.99. The summed E-state index contributed by atoms with van der Waals surface area (Å²) in [5.74, 6) is 0. The summed E-state index contributed by atoms with van der Waals surface area (Å²) in [5.41, 5.74) is 6.12. The smallest absolute Gasteiger partial charge is 0.180 e. The normalized spacial score (nSPS) is 11.3. The lowest BCUT2D eigenvalue weighted by Gasteiger charge is -2.35. The van der Waals surface area contributed by atoms with Crippen molar-refractivity contribution in [2.45, 2.75) is 0 Å². The Labute approximate surface area is 280 Å². The Morgan fingerprint density at radius 2 is 0.958 bits per heavy atom. The van der Waals surface area contributed by atoms with Gasteiger partial charge in [0.1, 0.15) is 0 Å². The molecule has 3 nitrogen and oxygen atoms in total. The molecule has 0 aliphatic heterocycles. The molecule has 0 spiro atoms. The fourth-order valence-electron chi connectivity index (χ4n) is 7.38. The average Bonchev–Trinajstić information content (AvgIpc) is 3.50. The van der Waals surface area contributed by atoms with E-state index in [9.17, 15) is 10.5 Å². The third-order valence-corrected chi connectivity index (χ3v) is 14.3. The van der Waals surface area contributed by atoms with Gasteiger partial charge in [0.05, 0.1) is 40.0 Å². The molecule has 0 atom stereocenters. The largest absolute Gasteiger partial charge is 0.309 e. The van der Waals surface area contributed by atoms with Crippen LogP contribution < -0.4 is 20.7 Å². The molecular formula is C44H29N3Si. The molecule has 0 aliphatic carbocycles. The topological polar surface area (TPSA) is 52.5 Å². The molecule has 0 fully saturated rings. The highest BCUT2D eigenvalue weighted by Crippen LogP contribution is 2.36. The zero-order valence-corrected chi connectivity index (χ0v) is 27.1. The van der Waals surface area contributed by atoms with Gasteiger partial charge in [0.15, 0.2) is 8.07 Å². The number of aromatic nitrogens is 1. The van der Waals surface area contributed by atoms with Crippen LogP contribution in [-0.2, 0) is 0 Å². The van der Waals surface area contributed by atoms with Gasteiger partial charge in [-0.2, -0.15) is 10.5 Å². The number of hydrogen-bond acceptors (Lipinski definition) is 2. The summed E-state index contributed by atoms with van der Waals surface area (Å²) in [6.45, 7) is 0. The highest BCUT2D eigenvalue weighted by Gasteiger charge is 2.43. The number of nitrogens with zero attached hydrogens (tertiary/aromatic N) is 3. The molecule has 4 heteroatoms. The second-order valence-electron chi connectivity index (χ2n) is 11.9. The number of nitriles is 2. The van der Waals surface area contributed by atoms with E-state index in [1.807, 2.05) is 42.5 Å². The van der Waals surface area contributed by atoms with Crippen LogP contribution in [-0.4, -0.2) is 12.6 Å². The summed E-state index contributed by atoms with van der Waals surface area (Å²) in [6.07, 6.45) is 0. The highest BCUT2D eigenvalue weighted by atomic mass is 28.3. The molecule has 224 valence electrons. The summed E-state index contributed by atoms with van der Waals surface area (Å²) in [4.78, 5) is 0. The van der Waals surface area contributed by atoms with Crippen LogP contribution in [0.2, 0.25) is 0 Å². The number of rotatable bonds is 6. The van der Waals surface area contributed by atoms with E-state index in [-0.39, 0.29) is 0 Å². The van der Waals surface area contributed by atoms with Crippen LogP contribution in [0.5, 0.6) is 0 Å². The second-order valence-corrected chi connectivity index (χ2v) is 15.7. The van der Waals surface area contributed by atoms with Gasteiger partial charge in [-0.05, 0) is 62.7 Å².